The molecule has 0 fully saturated rings. The van der Waals surface area contributed by atoms with Gasteiger partial charge in [-0.2, -0.15) is 0 Å². The van der Waals surface area contributed by atoms with E-state index in [-0.39, 0.29) is 11.5 Å². The van der Waals surface area contributed by atoms with Gasteiger partial charge in [-0.1, -0.05) is 88.9 Å². The fraction of sp³-hybridized carbons (Fsp3) is 0.333. The zero-order valence-electron chi connectivity index (χ0n) is 21.0. The lowest BCUT2D eigenvalue weighted by atomic mass is 9.67. The zero-order chi connectivity index (χ0) is 23.9. The molecule has 1 heteroatoms. The average Bonchev–Trinajstić information content (AvgIpc) is 3.19. The van der Waals surface area contributed by atoms with E-state index in [0.717, 1.165) is 37.0 Å². The zero-order valence-corrected chi connectivity index (χ0v) is 21.0. The molecule has 3 aliphatic carbocycles. The number of allylic oxidation sites excluding steroid dienone is 8. The summed E-state index contributed by atoms with van der Waals surface area (Å²) in [6.45, 7) is 13.9. The van der Waals surface area contributed by atoms with Gasteiger partial charge in [0.05, 0.1) is 11.7 Å². The maximum absolute atomic E-state index is 4.63. The third-order valence-electron chi connectivity index (χ3n) is 7.35. The number of hydrogen-bond acceptors (Lipinski definition) is 1. The molecule has 0 amide bonds. The van der Waals surface area contributed by atoms with Crippen molar-refractivity contribution in [2.45, 2.75) is 65.8 Å². The van der Waals surface area contributed by atoms with Gasteiger partial charge < -0.3 is 5.32 Å². The van der Waals surface area contributed by atoms with Crippen LogP contribution in [0.15, 0.2) is 112 Å². The summed E-state index contributed by atoms with van der Waals surface area (Å²) >= 11 is 0. The molecule has 1 aromatic rings. The Morgan fingerprint density at radius 1 is 1.06 bits per heavy atom. The highest BCUT2D eigenvalue weighted by Crippen LogP contribution is 2.50. The lowest BCUT2D eigenvalue weighted by Crippen LogP contribution is -2.28. The van der Waals surface area contributed by atoms with Crippen molar-refractivity contribution in [1.82, 2.24) is 5.32 Å². The molecule has 1 nitrogen and oxygen atoms in total. The summed E-state index contributed by atoms with van der Waals surface area (Å²) < 4.78 is 0. The highest BCUT2D eigenvalue weighted by atomic mass is 14.9. The largest absolute Gasteiger partial charge is 0.368 e. The average molecular weight is 446 g/mol. The normalized spacial score (nSPS) is 22.4. The highest BCUT2D eigenvalue weighted by molar-refractivity contribution is 5.68. The minimum Gasteiger partial charge on any atom is -0.368 e. The Kier molecular flexibility index (Phi) is 5.86. The Hall–Kier alpha value is -3.24. The third kappa shape index (κ3) is 4.07. The van der Waals surface area contributed by atoms with Crippen LogP contribution < -0.4 is 5.32 Å². The van der Waals surface area contributed by atoms with Gasteiger partial charge in [0.2, 0.25) is 0 Å². The van der Waals surface area contributed by atoms with E-state index < -0.39 is 0 Å². The van der Waals surface area contributed by atoms with E-state index in [2.05, 4.69) is 99.6 Å². The molecule has 5 rings (SSSR count). The van der Waals surface area contributed by atoms with E-state index in [1.54, 1.807) is 0 Å². The summed E-state index contributed by atoms with van der Waals surface area (Å²) in [5.41, 5.74) is 20.2. The number of rotatable bonds is 4. The number of hydrogen-bond donors (Lipinski definition) is 1. The molecule has 1 unspecified atom stereocenters. The SMILES string of the molecule is C=C1CC(C)(C)CC2=C1C(c1ccc(CCC)c(CC)c1)NC1=C=C2C2=C=CC=CC=C2C=C1. The molecule has 1 heterocycles. The molecule has 4 aliphatic rings. The molecule has 1 atom stereocenters. The molecule has 0 saturated carbocycles. The quantitative estimate of drug-likeness (QED) is 0.462. The van der Waals surface area contributed by atoms with Crippen LogP contribution in [0, 0.1) is 5.41 Å². The van der Waals surface area contributed by atoms with Crippen LogP contribution in [0.1, 0.15) is 69.7 Å². The predicted molar refractivity (Wildman–Crippen MR) is 143 cm³/mol. The summed E-state index contributed by atoms with van der Waals surface area (Å²) in [6, 6.07) is 7.18. The van der Waals surface area contributed by atoms with Crippen molar-refractivity contribution in [1.29, 1.82) is 0 Å². The van der Waals surface area contributed by atoms with Crippen LogP contribution in [0.3, 0.4) is 0 Å². The van der Waals surface area contributed by atoms with Crippen molar-refractivity contribution in [3.05, 3.63) is 129 Å². The van der Waals surface area contributed by atoms with Crippen LogP contribution >= 0.6 is 0 Å². The van der Waals surface area contributed by atoms with E-state index in [4.69, 9.17) is 0 Å². The lowest BCUT2D eigenvalue weighted by Gasteiger charge is -2.38. The summed E-state index contributed by atoms with van der Waals surface area (Å²) in [7, 11) is 0. The van der Waals surface area contributed by atoms with E-state index >= 15 is 0 Å². The van der Waals surface area contributed by atoms with Crippen molar-refractivity contribution in [2.75, 3.05) is 0 Å². The van der Waals surface area contributed by atoms with Gasteiger partial charge in [-0.3, -0.25) is 0 Å². The minimum absolute atomic E-state index is 0.0724. The minimum atomic E-state index is 0.0724. The van der Waals surface area contributed by atoms with Crippen LogP contribution in [-0.2, 0) is 12.8 Å². The van der Waals surface area contributed by atoms with E-state index in [0.29, 0.717) is 0 Å². The predicted octanol–water partition coefficient (Wildman–Crippen LogP) is 8.08. The number of nitrogens with one attached hydrogen (secondary N) is 1. The monoisotopic (exact) mass is 445 g/mol. The first-order valence-corrected chi connectivity index (χ1v) is 12.7. The molecular formula is C33H35N. The van der Waals surface area contributed by atoms with Gasteiger partial charge in [-0.15, -0.1) is 5.73 Å². The Morgan fingerprint density at radius 3 is 2.71 bits per heavy atom. The van der Waals surface area contributed by atoms with E-state index in [1.165, 1.54) is 51.0 Å². The molecule has 0 saturated heterocycles. The van der Waals surface area contributed by atoms with Gasteiger partial charge in [-0.05, 0) is 82.2 Å². The van der Waals surface area contributed by atoms with Gasteiger partial charge in [0, 0.05) is 11.1 Å². The molecule has 2 bridgehead atoms. The number of benzene rings is 1. The molecule has 34 heavy (non-hydrogen) atoms. The van der Waals surface area contributed by atoms with Gasteiger partial charge >= 0.3 is 0 Å². The third-order valence-corrected chi connectivity index (χ3v) is 7.35. The Labute approximate surface area is 205 Å². The van der Waals surface area contributed by atoms with Crippen LogP contribution in [0.25, 0.3) is 0 Å². The first-order valence-electron chi connectivity index (χ1n) is 12.7. The van der Waals surface area contributed by atoms with Crippen molar-refractivity contribution in [3.8, 4) is 0 Å². The second kappa shape index (κ2) is 8.84. The highest BCUT2D eigenvalue weighted by Gasteiger charge is 2.37. The fourth-order valence-electron chi connectivity index (χ4n) is 5.86. The molecule has 0 aromatic heterocycles. The van der Waals surface area contributed by atoms with Crippen LogP contribution in [-0.4, -0.2) is 0 Å². The molecule has 1 aromatic carbocycles. The summed E-state index contributed by atoms with van der Waals surface area (Å²) in [6.07, 6.45) is 18.1. The van der Waals surface area contributed by atoms with Crippen LogP contribution in [0.5, 0.6) is 0 Å². The Morgan fingerprint density at radius 2 is 1.91 bits per heavy atom. The maximum atomic E-state index is 4.63. The van der Waals surface area contributed by atoms with Gasteiger partial charge in [0.25, 0.3) is 0 Å². The summed E-state index contributed by atoms with van der Waals surface area (Å²) in [4.78, 5) is 0. The molecule has 1 N–H and O–H groups in total. The first kappa shape index (κ1) is 22.5. The Bertz CT molecular complexity index is 1320. The maximum Gasteiger partial charge on any atom is 0.0787 e. The Balaban J connectivity index is 1.73. The molecule has 172 valence electrons. The molecular weight excluding hydrogens is 410 g/mol. The smallest absolute Gasteiger partial charge is 0.0787 e. The molecule has 1 aliphatic heterocycles. The van der Waals surface area contributed by atoms with Crippen molar-refractivity contribution < 1.29 is 0 Å². The standard InChI is InChI=1S/C33H35N/c1-6-11-24-14-15-26(18-23(24)7-2)32-31-22(3)20-33(4,5)21-30(31)29-19-27(34-32)17-16-25-12-9-8-10-13-28(25)29/h8-10,12,14-18,32,34H,3,6-7,11,20-21H2,1-2,4-5H3. The van der Waals surface area contributed by atoms with Crippen molar-refractivity contribution >= 4 is 0 Å². The van der Waals surface area contributed by atoms with Crippen LogP contribution in [0.2, 0.25) is 0 Å². The van der Waals surface area contributed by atoms with Crippen molar-refractivity contribution in [2.24, 2.45) is 5.41 Å². The second-order valence-electron chi connectivity index (χ2n) is 10.7. The summed E-state index contributed by atoms with van der Waals surface area (Å²) in [5.74, 6) is 0. The molecule has 0 spiro atoms. The second-order valence-corrected chi connectivity index (χ2v) is 10.7. The summed E-state index contributed by atoms with van der Waals surface area (Å²) in [5, 5.41) is 3.87. The van der Waals surface area contributed by atoms with E-state index in [1.807, 2.05) is 6.08 Å². The number of fused-ring (bicyclic) bond motifs is 3. The molecule has 0 radical (unpaired) electrons. The van der Waals surface area contributed by atoms with Gasteiger partial charge in [0.1, 0.15) is 0 Å². The topological polar surface area (TPSA) is 12.0 Å². The number of aryl methyl sites for hydroxylation is 2. The van der Waals surface area contributed by atoms with Gasteiger partial charge in [0.15, 0.2) is 0 Å². The fourth-order valence-corrected chi connectivity index (χ4v) is 5.86. The van der Waals surface area contributed by atoms with E-state index in [9.17, 15) is 0 Å². The van der Waals surface area contributed by atoms with Crippen LogP contribution in [0.4, 0.5) is 0 Å². The van der Waals surface area contributed by atoms with Crippen molar-refractivity contribution in [3.63, 3.8) is 0 Å². The first-order chi connectivity index (χ1) is 16.4. The lowest BCUT2D eigenvalue weighted by molar-refractivity contribution is 0.346. The van der Waals surface area contributed by atoms with Gasteiger partial charge in [-0.25, -0.2) is 0 Å².